The molecule has 2 aromatic carbocycles. The molecule has 2 N–H and O–H groups in total. The van der Waals surface area contributed by atoms with E-state index in [0.717, 1.165) is 11.1 Å². The van der Waals surface area contributed by atoms with E-state index in [1.165, 1.54) is 0 Å². The van der Waals surface area contributed by atoms with Crippen LogP contribution in [0.2, 0.25) is 5.02 Å². The molecule has 0 bridgehead atoms. The zero-order valence-electron chi connectivity index (χ0n) is 15.2. The minimum absolute atomic E-state index is 0.170. The fraction of sp³-hybridized carbons (Fsp3) is 0.300. The molecule has 0 spiro atoms. The average Bonchev–Trinajstić information content (AvgIpc) is 2.49. The topological polar surface area (TPSA) is 58.2 Å². The number of benzene rings is 2. The molecule has 0 atom stereocenters. The third-order valence-corrected chi connectivity index (χ3v) is 3.87. The summed E-state index contributed by atoms with van der Waals surface area (Å²) in [7, 11) is 0. The zero-order valence-corrected chi connectivity index (χ0v) is 15.9. The van der Waals surface area contributed by atoms with Crippen LogP contribution in [-0.4, -0.2) is 17.4 Å². The molecule has 2 amide bonds. The van der Waals surface area contributed by atoms with Crippen molar-refractivity contribution < 1.29 is 9.59 Å². The van der Waals surface area contributed by atoms with Gasteiger partial charge in [0.2, 0.25) is 0 Å². The number of hydrogen-bond acceptors (Lipinski definition) is 2. The highest BCUT2D eigenvalue weighted by Gasteiger charge is 2.16. The predicted octanol–water partition coefficient (Wildman–Crippen LogP) is 4.74. The van der Waals surface area contributed by atoms with E-state index in [9.17, 15) is 9.59 Å². The molecule has 2 rings (SSSR count). The van der Waals surface area contributed by atoms with Crippen molar-refractivity contribution in [3.63, 3.8) is 0 Å². The number of carbonyl (C=O) groups excluding carboxylic acids is 2. The van der Waals surface area contributed by atoms with Gasteiger partial charge in [0.05, 0.1) is 10.7 Å². The lowest BCUT2D eigenvalue weighted by atomic mass is 10.1. The maximum absolute atomic E-state index is 12.4. The van der Waals surface area contributed by atoms with E-state index in [1.807, 2.05) is 46.8 Å². The highest BCUT2D eigenvalue weighted by atomic mass is 35.5. The van der Waals surface area contributed by atoms with E-state index < -0.39 is 0 Å². The van der Waals surface area contributed by atoms with E-state index in [0.29, 0.717) is 21.8 Å². The van der Waals surface area contributed by atoms with E-state index in [4.69, 9.17) is 11.6 Å². The minimum Gasteiger partial charge on any atom is -0.347 e. The maximum Gasteiger partial charge on any atom is 0.255 e. The van der Waals surface area contributed by atoms with E-state index in [2.05, 4.69) is 10.6 Å². The van der Waals surface area contributed by atoms with Gasteiger partial charge < -0.3 is 10.6 Å². The molecular formula is C20H23ClN2O2. The van der Waals surface area contributed by atoms with Crippen LogP contribution >= 0.6 is 11.6 Å². The number of amides is 2. The Morgan fingerprint density at radius 3 is 1.92 bits per heavy atom. The Morgan fingerprint density at radius 2 is 1.44 bits per heavy atom. The molecule has 0 fully saturated rings. The summed E-state index contributed by atoms with van der Waals surface area (Å²) in [5.74, 6) is -0.437. The SMILES string of the molecule is Cc1cc(C)c(NC(=O)c2ccc(C(=O)NC(C)(C)C)cc2)c(Cl)c1. The molecule has 0 aliphatic rings. The molecule has 2 aromatic rings. The summed E-state index contributed by atoms with van der Waals surface area (Å²) in [6.45, 7) is 9.60. The summed E-state index contributed by atoms with van der Waals surface area (Å²) in [5.41, 5.74) is 3.20. The van der Waals surface area contributed by atoms with E-state index in [-0.39, 0.29) is 17.4 Å². The average molecular weight is 359 g/mol. The van der Waals surface area contributed by atoms with Crippen molar-refractivity contribution in [1.82, 2.24) is 5.32 Å². The first-order valence-electron chi connectivity index (χ1n) is 8.07. The highest BCUT2D eigenvalue weighted by Crippen LogP contribution is 2.27. The Hall–Kier alpha value is -2.33. The van der Waals surface area contributed by atoms with Gasteiger partial charge in [0.15, 0.2) is 0 Å². The fourth-order valence-corrected chi connectivity index (χ4v) is 2.81. The van der Waals surface area contributed by atoms with Crippen molar-refractivity contribution in [2.45, 2.75) is 40.2 Å². The Bertz CT molecular complexity index is 782. The van der Waals surface area contributed by atoms with Gasteiger partial charge >= 0.3 is 0 Å². The highest BCUT2D eigenvalue weighted by molar-refractivity contribution is 6.34. The van der Waals surface area contributed by atoms with Crippen molar-refractivity contribution in [1.29, 1.82) is 0 Å². The Balaban J connectivity index is 2.15. The van der Waals surface area contributed by atoms with Crippen LogP contribution in [0, 0.1) is 13.8 Å². The summed E-state index contributed by atoms with van der Waals surface area (Å²) in [5, 5.41) is 6.23. The number of halogens is 1. The van der Waals surface area contributed by atoms with Gasteiger partial charge in [-0.25, -0.2) is 0 Å². The van der Waals surface area contributed by atoms with Crippen LogP contribution in [-0.2, 0) is 0 Å². The summed E-state index contributed by atoms with van der Waals surface area (Å²) in [6.07, 6.45) is 0. The third-order valence-electron chi connectivity index (χ3n) is 3.57. The quantitative estimate of drug-likeness (QED) is 0.832. The van der Waals surface area contributed by atoms with Crippen LogP contribution in [0.15, 0.2) is 36.4 Å². The summed E-state index contributed by atoms with van der Waals surface area (Å²) < 4.78 is 0. The summed E-state index contributed by atoms with van der Waals surface area (Å²) in [4.78, 5) is 24.6. The van der Waals surface area contributed by atoms with Crippen LogP contribution in [0.4, 0.5) is 5.69 Å². The van der Waals surface area contributed by atoms with Crippen molar-refractivity contribution in [3.8, 4) is 0 Å². The Morgan fingerprint density at radius 1 is 0.920 bits per heavy atom. The number of anilines is 1. The monoisotopic (exact) mass is 358 g/mol. The molecule has 0 unspecified atom stereocenters. The van der Waals surface area contributed by atoms with Crippen LogP contribution in [0.3, 0.4) is 0 Å². The van der Waals surface area contributed by atoms with Gasteiger partial charge in [-0.05, 0) is 76.1 Å². The Labute approximate surface area is 153 Å². The van der Waals surface area contributed by atoms with E-state index in [1.54, 1.807) is 24.3 Å². The van der Waals surface area contributed by atoms with Gasteiger partial charge in [0.1, 0.15) is 0 Å². The third kappa shape index (κ3) is 5.07. The largest absolute Gasteiger partial charge is 0.347 e. The van der Waals surface area contributed by atoms with Gasteiger partial charge in [-0.2, -0.15) is 0 Å². The maximum atomic E-state index is 12.4. The number of rotatable bonds is 3. The summed E-state index contributed by atoms with van der Waals surface area (Å²) in [6, 6.07) is 10.3. The molecule has 0 radical (unpaired) electrons. The molecular weight excluding hydrogens is 336 g/mol. The number of aryl methyl sites for hydroxylation is 2. The van der Waals surface area contributed by atoms with Crippen molar-refractivity contribution in [2.24, 2.45) is 0 Å². The second-order valence-corrected chi connectivity index (χ2v) is 7.58. The summed E-state index contributed by atoms with van der Waals surface area (Å²) >= 11 is 6.23. The number of nitrogens with one attached hydrogen (secondary N) is 2. The molecule has 5 heteroatoms. The van der Waals surface area contributed by atoms with E-state index >= 15 is 0 Å². The molecule has 0 saturated carbocycles. The first kappa shape index (κ1) is 19.0. The van der Waals surface area contributed by atoms with Crippen LogP contribution in [0.5, 0.6) is 0 Å². The number of carbonyl (C=O) groups is 2. The molecule has 25 heavy (non-hydrogen) atoms. The van der Waals surface area contributed by atoms with Crippen molar-refractivity contribution >= 4 is 29.1 Å². The predicted molar refractivity (Wildman–Crippen MR) is 103 cm³/mol. The molecule has 0 aliphatic carbocycles. The minimum atomic E-state index is -0.313. The van der Waals surface area contributed by atoms with Crippen LogP contribution in [0.25, 0.3) is 0 Å². The number of hydrogen-bond donors (Lipinski definition) is 2. The molecule has 0 heterocycles. The van der Waals surface area contributed by atoms with Crippen molar-refractivity contribution in [2.75, 3.05) is 5.32 Å². The smallest absolute Gasteiger partial charge is 0.255 e. The van der Waals surface area contributed by atoms with Gasteiger partial charge in [-0.3, -0.25) is 9.59 Å². The lowest BCUT2D eigenvalue weighted by molar-refractivity contribution is 0.0918. The van der Waals surface area contributed by atoms with Crippen molar-refractivity contribution in [3.05, 3.63) is 63.7 Å². The van der Waals surface area contributed by atoms with Gasteiger partial charge in [-0.15, -0.1) is 0 Å². The van der Waals surface area contributed by atoms with Crippen LogP contribution in [0.1, 0.15) is 52.6 Å². The van der Waals surface area contributed by atoms with Crippen LogP contribution < -0.4 is 10.6 Å². The van der Waals surface area contributed by atoms with Gasteiger partial charge in [0.25, 0.3) is 11.8 Å². The molecule has 4 nitrogen and oxygen atoms in total. The van der Waals surface area contributed by atoms with Gasteiger partial charge in [0, 0.05) is 16.7 Å². The second-order valence-electron chi connectivity index (χ2n) is 7.17. The lowest BCUT2D eigenvalue weighted by Gasteiger charge is -2.20. The van der Waals surface area contributed by atoms with Gasteiger partial charge in [-0.1, -0.05) is 17.7 Å². The molecule has 0 aliphatic heterocycles. The molecule has 0 saturated heterocycles. The Kier molecular flexibility index (Phi) is 5.53. The molecule has 132 valence electrons. The lowest BCUT2D eigenvalue weighted by Crippen LogP contribution is -2.40. The first-order chi connectivity index (χ1) is 11.6. The standard InChI is InChI=1S/C20H23ClN2O2/c1-12-10-13(2)17(16(21)11-12)22-18(24)14-6-8-15(9-7-14)19(25)23-20(3,4)5/h6-11H,1-5H3,(H,22,24)(H,23,25). The second kappa shape index (κ2) is 7.28. The fourth-order valence-electron chi connectivity index (χ4n) is 2.45. The molecule has 0 aromatic heterocycles. The first-order valence-corrected chi connectivity index (χ1v) is 8.45. The normalized spacial score (nSPS) is 11.1. The zero-order chi connectivity index (χ0) is 18.8.